The number of fused-ring (bicyclic) bond motifs is 1. The minimum Gasteiger partial charge on any atom is -0.375 e. The van der Waals surface area contributed by atoms with E-state index in [0.717, 1.165) is 41.6 Å². The Balaban J connectivity index is 2.28. The molecule has 4 nitrogen and oxygen atoms in total. The number of aromatic nitrogens is 1. The molecule has 0 spiro atoms. The quantitative estimate of drug-likeness (QED) is 0.880. The number of thiazole rings is 1. The lowest BCUT2D eigenvalue weighted by Gasteiger charge is -2.28. The van der Waals surface area contributed by atoms with Crippen molar-refractivity contribution >= 4 is 32.6 Å². The van der Waals surface area contributed by atoms with E-state index >= 15 is 0 Å². The average molecular weight is 305 g/mol. The van der Waals surface area contributed by atoms with E-state index in [1.54, 1.807) is 0 Å². The molecule has 1 aromatic carbocycles. The molecule has 1 heterocycles. The molecule has 5 heteroatoms. The molecular weight excluding hydrogens is 282 g/mol. The molecule has 0 aliphatic heterocycles. The Morgan fingerprint density at radius 2 is 2.19 bits per heavy atom. The van der Waals surface area contributed by atoms with Gasteiger partial charge in [-0.05, 0) is 38.0 Å². The van der Waals surface area contributed by atoms with Gasteiger partial charge >= 0.3 is 0 Å². The van der Waals surface area contributed by atoms with Crippen molar-refractivity contribution in [3.05, 3.63) is 23.8 Å². The van der Waals surface area contributed by atoms with E-state index in [2.05, 4.69) is 25.8 Å². The zero-order chi connectivity index (χ0) is 15.4. The molecular formula is C16H23N3OS. The van der Waals surface area contributed by atoms with E-state index in [-0.39, 0.29) is 11.9 Å². The highest BCUT2D eigenvalue weighted by atomic mass is 32.1. The predicted octanol–water partition coefficient (Wildman–Crippen LogP) is 3.92. The standard InChI is InChI=1S/C16H23N3OS/c1-4-6-9-19(11(3)5-2)15(20)12-7-8-13-14(10-12)21-16(17)18-13/h7-8,10-11H,4-6,9H2,1-3H3,(H2,17,18). The monoisotopic (exact) mass is 305 g/mol. The van der Waals surface area contributed by atoms with Crippen molar-refractivity contribution in [1.82, 2.24) is 9.88 Å². The second-order valence-corrected chi connectivity index (χ2v) is 6.41. The second-order valence-electron chi connectivity index (χ2n) is 5.34. The van der Waals surface area contributed by atoms with Gasteiger partial charge in [0.2, 0.25) is 0 Å². The van der Waals surface area contributed by atoms with E-state index in [9.17, 15) is 4.79 Å². The summed E-state index contributed by atoms with van der Waals surface area (Å²) in [6.07, 6.45) is 3.08. The van der Waals surface area contributed by atoms with Crippen LogP contribution in [0.25, 0.3) is 10.2 Å². The number of nitrogens with two attached hydrogens (primary N) is 1. The smallest absolute Gasteiger partial charge is 0.254 e. The maximum atomic E-state index is 12.8. The number of carbonyl (C=O) groups excluding carboxylic acids is 1. The fraction of sp³-hybridized carbons (Fsp3) is 0.500. The van der Waals surface area contributed by atoms with Crippen molar-refractivity contribution in [3.63, 3.8) is 0 Å². The summed E-state index contributed by atoms with van der Waals surface area (Å²) >= 11 is 1.42. The molecule has 1 amide bonds. The number of unbranched alkanes of at least 4 members (excludes halogenated alkanes) is 1. The average Bonchev–Trinajstić information content (AvgIpc) is 2.85. The first-order chi connectivity index (χ1) is 10.1. The number of amides is 1. The van der Waals surface area contributed by atoms with Crippen LogP contribution in [0, 0.1) is 0 Å². The topological polar surface area (TPSA) is 59.2 Å². The first-order valence-corrected chi connectivity index (χ1v) is 8.35. The Morgan fingerprint density at radius 3 is 2.86 bits per heavy atom. The van der Waals surface area contributed by atoms with Crippen molar-refractivity contribution in [2.75, 3.05) is 12.3 Å². The van der Waals surface area contributed by atoms with Crippen LogP contribution in [0.4, 0.5) is 5.13 Å². The number of hydrogen-bond acceptors (Lipinski definition) is 4. The van der Waals surface area contributed by atoms with Gasteiger partial charge in [0.1, 0.15) is 0 Å². The minimum absolute atomic E-state index is 0.103. The molecule has 0 aliphatic carbocycles. The Kier molecular flexibility index (Phi) is 5.17. The number of nitrogen functional groups attached to an aromatic ring is 1. The van der Waals surface area contributed by atoms with Crippen LogP contribution in [0.3, 0.4) is 0 Å². The summed E-state index contributed by atoms with van der Waals surface area (Å²) < 4.78 is 0.970. The van der Waals surface area contributed by atoms with E-state index in [4.69, 9.17) is 5.73 Å². The van der Waals surface area contributed by atoms with Crippen LogP contribution in [-0.2, 0) is 0 Å². The van der Waals surface area contributed by atoms with E-state index < -0.39 is 0 Å². The maximum absolute atomic E-state index is 12.8. The van der Waals surface area contributed by atoms with Gasteiger partial charge in [0.15, 0.2) is 5.13 Å². The minimum atomic E-state index is 0.103. The van der Waals surface area contributed by atoms with Crippen molar-refractivity contribution in [2.45, 2.75) is 46.1 Å². The third kappa shape index (κ3) is 3.53. The van der Waals surface area contributed by atoms with Gasteiger partial charge in [0.05, 0.1) is 10.2 Å². The highest BCUT2D eigenvalue weighted by Crippen LogP contribution is 2.25. The first kappa shape index (κ1) is 15.8. The SMILES string of the molecule is CCCCN(C(=O)c1ccc2nc(N)sc2c1)C(C)CC. The van der Waals surface area contributed by atoms with Gasteiger partial charge in [-0.25, -0.2) is 4.98 Å². The van der Waals surface area contributed by atoms with Gasteiger partial charge < -0.3 is 10.6 Å². The van der Waals surface area contributed by atoms with Crippen molar-refractivity contribution in [1.29, 1.82) is 0 Å². The molecule has 0 saturated heterocycles. The lowest BCUT2D eigenvalue weighted by atomic mass is 10.1. The van der Waals surface area contributed by atoms with Gasteiger partial charge in [-0.3, -0.25) is 4.79 Å². The molecule has 1 aromatic heterocycles. The Labute approximate surface area is 130 Å². The van der Waals surface area contributed by atoms with E-state index in [1.807, 2.05) is 23.1 Å². The second kappa shape index (κ2) is 6.89. The maximum Gasteiger partial charge on any atom is 0.254 e. The van der Waals surface area contributed by atoms with Crippen LogP contribution in [0.2, 0.25) is 0 Å². The molecule has 0 bridgehead atoms. The van der Waals surface area contributed by atoms with Gasteiger partial charge in [0, 0.05) is 18.2 Å². The molecule has 21 heavy (non-hydrogen) atoms. The number of carbonyl (C=O) groups is 1. The molecule has 0 radical (unpaired) electrons. The van der Waals surface area contributed by atoms with Gasteiger partial charge in [-0.15, -0.1) is 0 Å². The van der Waals surface area contributed by atoms with Crippen LogP contribution in [0.5, 0.6) is 0 Å². The molecule has 0 aliphatic rings. The molecule has 114 valence electrons. The first-order valence-electron chi connectivity index (χ1n) is 7.53. The summed E-state index contributed by atoms with van der Waals surface area (Å²) in [6, 6.07) is 5.90. The summed E-state index contributed by atoms with van der Waals surface area (Å²) in [5.41, 5.74) is 7.31. The summed E-state index contributed by atoms with van der Waals surface area (Å²) in [5, 5.41) is 0.541. The number of rotatable bonds is 6. The Hall–Kier alpha value is -1.62. The molecule has 2 rings (SSSR count). The fourth-order valence-corrected chi connectivity index (χ4v) is 3.09. The predicted molar refractivity (Wildman–Crippen MR) is 89.7 cm³/mol. The van der Waals surface area contributed by atoms with Gasteiger partial charge in [0.25, 0.3) is 5.91 Å². The molecule has 2 aromatic rings. The van der Waals surface area contributed by atoms with Gasteiger partial charge in [-0.1, -0.05) is 31.6 Å². The lowest BCUT2D eigenvalue weighted by molar-refractivity contribution is 0.0685. The van der Waals surface area contributed by atoms with Crippen molar-refractivity contribution in [3.8, 4) is 0 Å². The summed E-state index contributed by atoms with van der Waals surface area (Å²) in [7, 11) is 0. The van der Waals surface area contributed by atoms with Crippen molar-refractivity contribution < 1.29 is 4.79 Å². The molecule has 1 unspecified atom stereocenters. The van der Waals surface area contributed by atoms with E-state index in [0.29, 0.717) is 5.13 Å². The zero-order valence-corrected chi connectivity index (χ0v) is 13.7. The Morgan fingerprint density at radius 1 is 1.43 bits per heavy atom. The fourth-order valence-electron chi connectivity index (χ4n) is 2.31. The summed E-state index contributed by atoms with van der Waals surface area (Å²) in [5.74, 6) is 0.103. The number of benzene rings is 1. The number of hydrogen-bond donors (Lipinski definition) is 1. The highest BCUT2D eigenvalue weighted by molar-refractivity contribution is 7.22. The van der Waals surface area contributed by atoms with E-state index in [1.165, 1.54) is 11.3 Å². The molecule has 1 atom stereocenters. The van der Waals surface area contributed by atoms with Crippen molar-refractivity contribution in [2.24, 2.45) is 0 Å². The summed E-state index contributed by atoms with van der Waals surface area (Å²) in [6.45, 7) is 7.18. The normalized spacial score (nSPS) is 12.5. The lowest BCUT2D eigenvalue weighted by Crippen LogP contribution is -2.39. The van der Waals surface area contributed by atoms with Gasteiger partial charge in [-0.2, -0.15) is 0 Å². The van der Waals surface area contributed by atoms with Crippen LogP contribution in [0.1, 0.15) is 50.4 Å². The summed E-state index contributed by atoms with van der Waals surface area (Å²) in [4.78, 5) is 19.0. The third-order valence-corrected chi connectivity index (χ3v) is 4.64. The molecule has 0 saturated carbocycles. The van der Waals surface area contributed by atoms with Crippen LogP contribution < -0.4 is 5.73 Å². The van der Waals surface area contributed by atoms with Crippen LogP contribution in [0.15, 0.2) is 18.2 Å². The molecule has 2 N–H and O–H groups in total. The van der Waals surface area contributed by atoms with Crippen LogP contribution in [-0.4, -0.2) is 28.4 Å². The molecule has 0 fully saturated rings. The Bertz CT molecular complexity index is 623. The highest BCUT2D eigenvalue weighted by Gasteiger charge is 2.20. The largest absolute Gasteiger partial charge is 0.375 e. The third-order valence-electron chi connectivity index (χ3n) is 3.79. The van der Waals surface area contributed by atoms with Crippen LogP contribution >= 0.6 is 11.3 Å². The number of nitrogens with zero attached hydrogens (tertiary/aromatic N) is 2. The zero-order valence-electron chi connectivity index (χ0n) is 12.9. The number of anilines is 1.